The highest BCUT2D eigenvalue weighted by molar-refractivity contribution is 6.30. The first-order valence-corrected chi connectivity index (χ1v) is 8.65. The van der Waals surface area contributed by atoms with Gasteiger partial charge in [-0.3, -0.25) is 0 Å². The van der Waals surface area contributed by atoms with Crippen LogP contribution in [0.15, 0.2) is 24.3 Å². The van der Waals surface area contributed by atoms with Crippen LogP contribution in [-0.2, 0) is 0 Å². The van der Waals surface area contributed by atoms with Crippen LogP contribution in [0.5, 0.6) is 0 Å². The molecule has 2 saturated carbocycles. The molecule has 0 heterocycles. The Morgan fingerprint density at radius 1 is 1.05 bits per heavy atom. The van der Waals surface area contributed by atoms with E-state index in [4.69, 9.17) is 11.6 Å². The van der Waals surface area contributed by atoms with Gasteiger partial charge in [-0.25, -0.2) is 0 Å². The lowest BCUT2D eigenvalue weighted by molar-refractivity contribution is 0.262. The molecule has 2 aliphatic carbocycles. The standard InChI is InChI=1S/C18H26ClN/c1-2-13-3-11-17(12-4-13)20-18(14-5-6-14)15-7-9-16(19)10-8-15/h7-10,13-14,17-18,20H,2-6,11-12H2,1H3. The summed E-state index contributed by atoms with van der Waals surface area (Å²) in [5.74, 6) is 1.82. The van der Waals surface area contributed by atoms with Crippen LogP contribution in [0.4, 0.5) is 0 Å². The van der Waals surface area contributed by atoms with Gasteiger partial charge >= 0.3 is 0 Å². The molecule has 0 saturated heterocycles. The normalized spacial score (nSPS) is 28.3. The first-order valence-electron chi connectivity index (χ1n) is 8.27. The molecule has 3 rings (SSSR count). The minimum atomic E-state index is 0.551. The third kappa shape index (κ3) is 3.56. The Kier molecular flexibility index (Phi) is 4.68. The van der Waals surface area contributed by atoms with Crippen molar-refractivity contribution in [3.8, 4) is 0 Å². The fourth-order valence-electron chi connectivity index (χ4n) is 3.60. The van der Waals surface area contributed by atoms with Crippen molar-refractivity contribution in [2.24, 2.45) is 11.8 Å². The molecule has 0 radical (unpaired) electrons. The summed E-state index contributed by atoms with van der Waals surface area (Å²) in [6.07, 6.45) is 9.65. The van der Waals surface area contributed by atoms with Crippen LogP contribution < -0.4 is 5.32 Å². The summed E-state index contributed by atoms with van der Waals surface area (Å²) in [5.41, 5.74) is 1.43. The third-order valence-electron chi connectivity index (χ3n) is 5.16. The Labute approximate surface area is 128 Å². The highest BCUT2D eigenvalue weighted by Gasteiger charge is 2.34. The van der Waals surface area contributed by atoms with Crippen molar-refractivity contribution in [1.82, 2.24) is 5.32 Å². The minimum absolute atomic E-state index is 0.551. The molecular formula is C18H26ClN. The van der Waals surface area contributed by atoms with Gasteiger partial charge in [0.1, 0.15) is 0 Å². The number of nitrogens with one attached hydrogen (secondary N) is 1. The van der Waals surface area contributed by atoms with Crippen molar-refractivity contribution >= 4 is 11.6 Å². The molecule has 2 heteroatoms. The van der Waals surface area contributed by atoms with E-state index in [0.717, 1.165) is 22.9 Å². The monoisotopic (exact) mass is 291 g/mol. The molecular weight excluding hydrogens is 266 g/mol. The van der Waals surface area contributed by atoms with Gasteiger partial charge in [-0.15, -0.1) is 0 Å². The van der Waals surface area contributed by atoms with Gasteiger partial charge in [-0.2, -0.15) is 0 Å². The highest BCUT2D eigenvalue weighted by Crippen LogP contribution is 2.42. The Morgan fingerprint density at radius 3 is 2.25 bits per heavy atom. The quantitative estimate of drug-likeness (QED) is 0.771. The molecule has 2 fully saturated rings. The van der Waals surface area contributed by atoms with E-state index < -0.39 is 0 Å². The predicted octanol–water partition coefficient (Wildman–Crippen LogP) is 5.35. The summed E-state index contributed by atoms with van der Waals surface area (Å²) in [5, 5.41) is 4.79. The van der Waals surface area contributed by atoms with Crippen LogP contribution in [0.1, 0.15) is 63.5 Å². The lowest BCUT2D eigenvalue weighted by Gasteiger charge is -2.32. The molecule has 110 valence electrons. The van der Waals surface area contributed by atoms with Gasteiger partial charge in [-0.1, -0.05) is 37.1 Å². The zero-order valence-corrected chi connectivity index (χ0v) is 13.2. The van der Waals surface area contributed by atoms with Crippen LogP contribution in [0.3, 0.4) is 0 Å². The minimum Gasteiger partial charge on any atom is -0.307 e. The van der Waals surface area contributed by atoms with E-state index in [-0.39, 0.29) is 0 Å². The van der Waals surface area contributed by atoms with E-state index in [9.17, 15) is 0 Å². The summed E-state index contributed by atoms with van der Waals surface area (Å²) >= 11 is 6.02. The summed E-state index contributed by atoms with van der Waals surface area (Å²) in [6.45, 7) is 2.33. The Bertz CT molecular complexity index is 416. The van der Waals surface area contributed by atoms with Gasteiger partial charge < -0.3 is 5.32 Å². The number of hydrogen-bond donors (Lipinski definition) is 1. The Morgan fingerprint density at radius 2 is 1.70 bits per heavy atom. The second kappa shape index (κ2) is 6.49. The van der Waals surface area contributed by atoms with Gasteiger partial charge in [-0.05, 0) is 68.1 Å². The van der Waals surface area contributed by atoms with Crippen molar-refractivity contribution < 1.29 is 0 Å². The van der Waals surface area contributed by atoms with Gasteiger partial charge in [0.25, 0.3) is 0 Å². The lowest BCUT2D eigenvalue weighted by Crippen LogP contribution is -2.36. The topological polar surface area (TPSA) is 12.0 Å². The smallest absolute Gasteiger partial charge is 0.0406 e. The van der Waals surface area contributed by atoms with Crippen molar-refractivity contribution in [2.45, 2.75) is 64.0 Å². The van der Waals surface area contributed by atoms with Crippen molar-refractivity contribution in [2.75, 3.05) is 0 Å². The number of rotatable bonds is 5. The molecule has 0 bridgehead atoms. The second-order valence-corrected chi connectivity index (χ2v) is 7.10. The zero-order valence-electron chi connectivity index (χ0n) is 12.4. The molecule has 1 nitrogen and oxygen atoms in total. The van der Waals surface area contributed by atoms with Gasteiger partial charge in [0, 0.05) is 17.1 Å². The maximum Gasteiger partial charge on any atom is 0.0406 e. The van der Waals surface area contributed by atoms with Crippen LogP contribution >= 0.6 is 11.6 Å². The molecule has 20 heavy (non-hydrogen) atoms. The Hall–Kier alpha value is -0.530. The van der Waals surface area contributed by atoms with E-state index in [1.54, 1.807) is 0 Å². The van der Waals surface area contributed by atoms with Gasteiger partial charge in [0.2, 0.25) is 0 Å². The van der Waals surface area contributed by atoms with Crippen LogP contribution in [-0.4, -0.2) is 6.04 Å². The second-order valence-electron chi connectivity index (χ2n) is 6.66. The molecule has 0 spiro atoms. The molecule has 0 amide bonds. The number of hydrogen-bond acceptors (Lipinski definition) is 1. The fourth-order valence-corrected chi connectivity index (χ4v) is 3.72. The van der Waals surface area contributed by atoms with Crippen molar-refractivity contribution in [3.63, 3.8) is 0 Å². The molecule has 0 aromatic heterocycles. The maximum atomic E-state index is 6.02. The average Bonchev–Trinajstić information content (AvgIpc) is 3.31. The summed E-state index contributed by atoms with van der Waals surface area (Å²) in [4.78, 5) is 0. The van der Waals surface area contributed by atoms with Crippen LogP contribution in [0.2, 0.25) is 5.02 Å². The fraction of sp³-hybridized carbons (Fsp3) is 0.667. The third-order valence-corrected chi connectivity index (χ3v) is 5.41. The number of halogens is 1. The summed E-state index contributed by atoms with van der Waals surface area (Å²) in [6, 6.07) is 9.74. The molecule has 1 unspecified atom stereocenters. The first kappa shape index (κ1) is 14.4. The maximum absolute atomic E-state index is 6.02. The van der Waals surface area contributed by atoms with E-state index in [1.165, 1.54) is 50.5 Å². The van der Waals surface area contributed by atoms with Crippen molar-refractivity contribution in [1.29, 1.82) is 0 Å². The SMILES string of the molecule is CCC1CCC(NC(c2ccc(Cl)cc2)C2CC2)CC1. The molecule has 1 aromatic carbocycles. The molecule has 2 aliphatic rings. The van der Waals surface area contributed by atoms with Gasteiger partial charge in [0.15, 0.2) is 0 Å². The van der Waals surface area contributed by atoms with E-state index >= 15 is 0 Å². The Balaban J connectivity index is 1.62. The molecule has 0 aliphatic heterocycles. The number of benzene rings is 1. The molecule has 1 N–H and O–H groups in total. The molecule has 1 aromatic rings. The summed E-state index contributed by atoms with van der Waals surface area (Å²) < 4.78 is 0. The van der Waals surface area contributed by atoms with Crippen LogP contribution in [0.25, 0.3) is 0 Å². The van der Waals surface area contributed by atoms with Crippen molar-refractivity contribution in [3.05, 3.63) is 34.9 Å². The predicted molar refractivity (Wildman–Crippen MR) is 86.1 cm³/mol. The highest BCUT2D eigenvalue weighted by atomic mass is 35.5. The van der Waals surface area contributed by atoms with Gasteiger partial charge in [0.05, 0.1) is 0 Å². The van der Waals surface area contributed by atoms with Crippen LogP contribution in [0, 0.1) is 11.8 Å². The van der Waals surface area contributed by atoms with E-state index in [1.807, 2.05) is 12.1 Å². The van der Waals surface area contributed by atoms with E-state index in [0.29, 0.717) is 6.04 Å². The zero-order chi connectivity index (χ0) is 13.9. The van der Waals surface area contributed by atoms with E-state index in [2.05, 4.69) is 24.4 Å². The average molecular weight is 292 g/mol. The largest absolute Gasteiger partial charge is 0.307 e. The lowest BCUT2D eigenvalue weighted by atomic mass is 9.84. The molecule has 1 atom stereocenters. The first-order chi connectivity index (χ1) is 9.76. The summed E-state index contributed by atoms with van der Waals surface area (Å²) in [7, 11) is 0.